The maximum Gasteiger partial charge on any atom is 0.233 e. The smallest absolute Gasteiger partial charge is 0.233 e. The van der Waals surface area contributed by atoms with Crippen LogP contribution in [-0.2, 0) is 20.0 Å². The Morgan fingerprint density at radius 1 is 1.16 bits per heavy atom. The molecule has 1 aromatic carbocycles. The number of halogens is 1. The van der Waals surface area contributed by atoms with Crippen molar-refractivity contribution in [3.63, 3.8) is 0 Å². The second-order valence-corrected chi connectivity index (χ2v) is 10.1. The molecule has 136 valence electrons. The quantitative estimate of drug-likeness (QED) is 0.798. The van der Waals surface area contributed by atoms with Crippen molar-refractivity contribution < 1.29 is 13.2 Å². The van der Waals surface area contributed by atoms with Crippen molar-refractivity contribution in [2.24, 2.45) is 0 Å². The van der Waals surface area contributed by atoms with Crippen LogP contribution in [0.15, 0.2) is 24.3 Å². The molecule has 0 N–H and O–H groups in total. The molecule has 0 radical (unpaired) electrons. The molecular formula is C18H23ClN2O3S. The standard InChI is InChI=1S/C18H23ClN2O3S/c19-15-3-1-2-14(12-15)18(5-6-18)17(22)21-9-7-20(8-10-21)16-4-11-25(23,24)13-16/h1-3,12,16H,4-11,13H2. The summed E-state index contributed by atoms with van der Waals surface area (Å²) in [6.45, 7) is 2.88. The molecule has 1 amide bonds. The Hall–Kier alpha value is -1.11. The van der Waals surface area contributed by atoms with E-state index in [2.05, 4.69) is 4.90 Å². The van der Waals surface area contributed by atoms with Crippen molar-refractivity contribution in [1.82, 2.24) is 9.80 Å². The second-order valence-electron chi connectivity index (χ2n) is 7.48. The zero-order chi connectivity index (χ0) is 17.7. The number of hydrogen-bond acceptors (Lipinski definition) is 4. The molecule has 1 aromatic rings. The van der Waals surface area contributed by atoms with Gasteiger partial charge in [0.1, 0.15) is 0 Å². The van der Waals surface area contributed by atoms with Gasteiger partial charge in [-0.15, -0.1) is 0 Å². The van der Waals surface area contributed by atoms with Gasteiger partial charge in [0.15, 0.2) is 9.84 Å². The highest BCUT2D eigenvalue weighted by atomic mass is 35.5. The lowest BCUT2D eigenvalue weighted by molar-refractivity contribution is -0.136. The van der Waals surface area contributed by atoms with Crippen molar-refractivity contribution in [3.05, 3.63) is 34.9 Å². The molecule has 2 heterocycles. The van der Waals surface area contributed by atoms with E-state index in [4.69, 9.17) is 11.6 Å². The summed E-state index contributed by atoms with van der Waals surface area (Å²) < 4.78 is 23.4. The van der Waals surface area contributed by atoms with Gasteiger partial charge in [-0.1, -0.05) is 23.7 Å². The summed E-state index contributed by atoms with van der Waals surface area (Å²) in [4.78, 5) is 17.3. The monoisotopic (exact) mass is 382 g/mol. The number of hydrogen-bond donors (Lipinski definition) is 0. The molecular weight excluding hydrogens is 360 g/mol. The fourth-order valence-corrected chi connectivity index (χ4v) is 6.15. The second kappa shape index (κ2) is 6.25. The lowest BCUT2D eigenvalue weighted by Gasteiger charge is -2.39. The predicted molar refractivity (Wildman–Crippen MR) is 97.6 cm³/mol. The number of sulfone groups is 1. The topological polar surface area (TPSA) is 57.7 Å². The van der Waals surface area contributed by atoms with E-state index >= 15 is 0 Å². The van der Waals surface area contributed by atoms with Gasteiger partial charge < -0.3 is 4.90 Å². The van der Waals surface area contributed by atoms with Crippen molar-refractivity contribution in [2.75, 3.05) is 37.7 Å². The maximum atomic E-state index is 13.1. The highest BCUT2D eigenvalue weighted by molar-refractivity contribution is 7.91. The first-order chi connectivity index (χ1) is 11.9. The molecule has 2 saturated heterocycles. The highest BCUT2D eigenvalue weighted by Gasteiger charge is 2.53. The molecule has 7 heteroatoms. The highest BCUT2D eigenvalue weighted by Crippen LogP contribution is 2.50. The Bertz CT molecular complexity index is 783. The molecule has 2 aliphatic heterocycles. The molecule has 1 saturated carbocycles. The van der Waals surface area contributed by atoms with Gasteiger partial charge in [0.25, 0.3) is 0 Å². The van der Waals surface area contributed by atoms with Gasteiger partial charge in [-0.25, -0.2) is 8.42 Å². The van der Waals surface area contributed by atoms with Gasteiger partial charge >= 0.3 is 0 Å². The minimum absolute atomic E-state index is 0.130. The first-order valence-electron chi connectivity index (χ1n) is 8.90. The molecule has 3 aliphatic rings. The summed E-state index contributed by atoms with van der Waals surface area (Å²) in [7, 11) is -2.86. The largest absolute Gasteiger partial charge is 0.339 e. The first kappa shape index (κ1) is 17.3. The van der Waals surface area contributed by atoms with Crippen LogP contribution in [0.5, 0.6) is 0 Å². The molecule has 0 bridgehead atoms. The van der Waals surface area contributed by atoms with E-state index in [0.717, 1.165) is 37.9 Å². The van der Waals surface area contributed by atoms with Gasteiger partial charge in [-0.3, -0.25) is 9.69 Å². The van der Waals surface area contributed by atoms with E-state index in [1.807, 2.05) is 29.2 Å². The van der Waals surface area contributed by atoms with Crippen LogP contribution < -0.4 is 0 Å². The van der Waals surface area contributed by atoms with Crippen molar-refractivity contribution >= 4 is 27.3 Å². The summed E-state index contributed by atoms with van der Waals surface area (Å²) in [5, 5.41) is 0.670. The minimum atomic E-state index is -2.86. The Balaban J connectivity index is 1.40. The van der Waals surface area contributed by atoms with Gasteiger partial charge in [0.2, 0.25) is 5.91 Å². The van der Waals surface area contributed by atoms with Crippen LogP contribution in [0.1, 0.15) is 24.8 Å². The normalized spacial score (nSPS) is 28.0. The number of rotatable bonds is 3. The van der Waals surface area contributed by atoms with E-state index in [9.17, 15) is 13.2 Å². The summed E-state index contributed by atoms with van der Waals surface area (Å²) in [5.41, 5.74) is 0.637. The number of nitrogens with zero attached hydrogens (tertiary/aromatic N) is 2. The van der Waals surface area contributed by atoms with Crippen molar-refractivity contribution in [3.8, 4) is 0 Å². The van der Waals surface area contributed by atoms with E-state index in [1.165, 1.54) is 0 Å². The van der Waals surface area contributed by atoms with Crippen LogP contribution in [0.25, 0.3) is 0 Å². The molecule has 4 rings (SSSR count). The fourth-order valence-electron chi connectivity index (χ4n) is 4.19. The number of piperazine rings is 1. The van der Waals surface area contributed by atoms with E-state index < -0.39 is 9.84 Å². The third-order valence-corrected chi connectivity index (χ3v) is 7.85. The van der Waals surface area contributed by atoms with Crippen LogP contribution in [0, 0.1) is 0 Å². The van der Waals surface area contributed by atoms with Crippen molar-refractivity contribution in [2.45, 2.75) is 30.7 Å². The number of amides is 1. The van der Waals surface area contributed by atoms with E-state index in [1.54, 1.807) is 0 Å². The van der Waals surface area contributed by atoms with Gasteiger partial charge in [-0.05, 0) is 37.0 Å². The van der Waals surface area contributed by atoms with Crippen molar-refractivity contribution in [1.29, 1.82) is 0 Å². The van der Waals surface area contributed by atoms with Crippen LogP contribution >= 0.6 is 11.6 Å². The average molecular weight is 383 g/mol. The van der Waals surface area contributed by atoms with Gasteiger partial charge in [0.05, 0.1) is 16.9 Å². The lowest BCUT2D eigenvalue weighted by Crippen LogP contribution is -2.54. The number of benzene rings is 1. The third kappa shape index (κ3) is 3.32. The van der Waals surface area contributed by atoms with Crippen LogP contribution in [-0.4, -0.2) is 67.9 Å². The number of carbonyl (C=O) groups excluding carboxylic acids is 1. The minimum Gasteiger partial charge on any atom is -0.339 e. The molecule has 1 atom stereocenters. The fraction of sp³-hybridized carbons (Fsp3) is 0.611. The first-order valence-corrected chi connectivity index (χ1v) is 11.1. The van der Waals surface area contributed by atoms with E-state index in [0.29, 0.717) is 23.9 Å². The molecule has 1 unspecified atom stereocenters. The molecule has 3 fully saturated rings. The van der Waals surface area contributed by atoms with Gasteiger partial charge in [-0.2, -0.15) is 0 Å². The summed E-state index contributed by atoms with van der Waals surface area (Å²) in [5.74, 6) is 0.774. The Morgan fingerprint density at radius 3 is 2.44 bits per heavy atom. The molecule has 1 aliphatic carbocycles. The molecule has 25 heavy (non-hydrogen) atoms. The molecule has 5 nitrogen and oxygen atoms in total. The zero-order valence-electron chi connectivity index (χ0n) is 14.2. The van der Waals surface area contributed by atoms with E-state index in [-0.39, 0.29) is 23.1 Å². The Labute approximate surface area is 153 Å². The van der Waals surface area contributed by atoms with Gasteiger partial charge in [0, 0.05) is 37.2 Å². The predicted octanol–water partition coefficient (Wildman–Crippen LogP) is 1.70. The number of carbonyl (C=O) groups is 1. The summed E-state index contributed by atoms with van der Waals surface area (Å²) >= 11 is 6.10. The van der Waals surface area contributed by atoms with Crippen LogP contribution in [0.4, 0.5) is 0 Å². The lowest BCUT2D eigenvalue weighted by atomic mass is 9.94. The van der Waals surface area contributed by atoms with Crippen LogP contribution in [0.3, 0.4) is 0 Å². The summed E-state index contributed by atoms with van der Waals surface area (Å²) in [6.07, 6.45) is 2.49. The zero-order valence-corrected chi connectivity index (χ0v) is 15.7. The Morgan fingerprint density at radius 2 is 1.88 bits per heavy atom. The Kier molecular flexibility index (Phi) is 4.33. The third-order valence-electron chi connectivity index (χ3n) is 5.86. The maximum absolute atomic E-state index is 13.1. The average Bonchev–Trinajstić information content (AvgIpc) is 3.33. The SMILES string of the molecule is O=C(N1CCN(C2CCS(=O)(=O)C2)CC1)C1(c2cccc(Cl)c2)CC1. The van der Waals surface area contributed by atoms with Crippen LogP contribution in [0.2, 0.25) is 5.02 Å². The molecule has 0 aromatic heterocycles. The molecule has 0 spiro atoms. The summed E-state index contributed by atoms with van der Waals surface area (Å²) in [6, 6.07) is 7.77.